The lowest BCUT2D eigenvalue weighted by molar-refractivity contribution is 0.318. The summed E-state index contributed by atoms with van der Waals surface area (Å²) >= 11 is 6.28. The van der Waals surface area contributed by atoms with E-state index in [2.05, 4.69) is 37.8 Å². The predicted molar refractivity (Wildman–Crippen MR) is 90.5 cm³/mol. The molecule has 1 rings (SSSR count). The molecule has 3 N–H and O–H groups in total. The van der Waals surface area contributed by atoms with Crippen molar-refractivity contribution in [2.75, 3.05) is 11.4 Å². The summed E-state index contributed by atoms with van der Waals surface area (Å²) in [6.07, 6.45) is 2.17. The molecular weight excluding hydrogens is 286 g/mol. The van der Waals surface area contributed by atoms with Crippen LogP contribution in [0.15, 0.2) is 23.4 Å². The topological polar surface area (TPSA) is 61.8 Å². The van der Waals surface area contributed by atoms with Gasteiger partial charge in [-0.15, -0.1) is 0 Å². The van der Waals surface area contributed by atoms with E-state index in [1.165, 1.54) is 0 Å². The zero-order valence-electron chi connectivity index (χ0n) is 13.3. The molecule has 0 unspecified atom stereocenters. The highest BCUT2D eigenvalue weighted by atomic mass is 35.5. The standard InChI is InChI=1S/C16H26ClN3O/c1-5-12(6-2)20(10-11(3)4)13-7-8-14(15(17)9-13)16(18)19-21/h7-9,11-12,21H,5-6,10H2,1-4H3,(H2,18,19). The number of hydrogen-bond donors (Lipinski definition) is 2. The molecular formula is C16H26ClN3O. The lowest BCUT2D eigenvalue weighted by Crippen LogP contribution is -2.37. The van der Waals surface area contributed by atoms with Crippen LogP contribution < -0.4 is 10.6 Å². The lowest BCUT2D eigenvalue weighted by atomic mass is 10.1. The number of anilines is 1. The van der Waals surface area contributed by atoms with Crippen LogP contribution in [0, 0.1) is 5.92 Å². The molecule has 1 aromatic carbocycles. The minimum atomic E-state index is 0.0319. The minimum Gasteiger partial charge on any atom is -0.409 e. The van der Waals surface area contributed by atoms with Crippen LogP contribution in [0.2, 0.25) is 5.02 Å². The Bertz CT molecular complexity index is 484. The molecule has 0 amide bonds. The van der Waals surface area contributed by atoms with Crippen molar-refractivity contribution in [3.8, 4) is 0 Å². The summed E-state index contributed by atoms with van der Waals surface area (Å²) in [7, 11) is 0. The highest BCUT2D eigenvalue weighted by molar-refractivity contribution is 6.34. The van der Waals surface area contributed by atoms with Crippen LogP contribution in [0.5, 0.6) is 0 Å². The monoisotopic (exact) mass is 311 g/mol. The summed E-state index contributed by atoms with van der Waals surface area (Å²) in [5.41, 5.74) is 7.25. The van der Waals surface area contributed by atoms with Crippen molar-refractivity contribution in [3.05, 3.63) is 28.8 Å². The average molecular weight is 312 g/mol. The van der Waals surface area contributed by atoms with E-state index in [1.807, 2.05) is 18.2 Å². The first-order valence-electron chi connectivity index (χ1n) is 7.48. The van der Waals surface area contributed by atoms with E-state index in [0.29, 0.717) is 22.5 Å². The fourth-order valence-corrected chi connectivity index (χ4v) is 2.80. The van der Waals surface area contributed by atoms with Crippen molar-refractivity contribution < 1.29 is 5.21 Å². The van der Waals surface area contributed by atoms with Crippen LogP contribution in [-0.4, -0.2) is 23.6 Å². The Hall–Kier alpha value is -1.42. The SMILES string of the molecule is CCC(CC)N(CC(C)C)c1ccc(C(N)=NO)c(Cl)c1. The summed E-state index contributed by atoms with van der Waals surface area (Å²) in [6.45, 7) is 9.80. The molecule has 0 saturated carbocycles. The van der Waals surface area contributed by atoms with Crippen molar-refractivity contribution in [3.63, 3.8) is 0 Å². The predicted octanol–water partition coefficient (Wildman–Crippen LogP) is 4.09. The Balaban J connectivity index is 3.16. The molecule has 0 heterocycles. The molecule has 21 heavy (non-hydrogen) atoms. The van der Waals surface area contributed by atoms with Gasteiger partial charge >= 0.3 is 0 Å². The summed E-state index contributed by atoms with van der Waals surface area (Å²) in [4.78, 5) is 2.40. The summed E-state index contributed by atoms with van der Waals surface area (Å²) in [6, 6.07) is 6.18. The van der Waals surface area contributed by atoms with Gasteiger partial charge in [-0.3, -0.25) is 0 Å². The number of amidine groups is 1. The molecule has 0 aliphatic heterocycles. The molecule has 0 aliphatic rings. The molecule has 0 radical (unpaired) electrons. The van der Waals surface area contributed by atoms with Crippen molar-refractivity contribution >= 4 is 23.1 Å². The second kappa shape index (κ2) is 8.13. The smallest absolute Gasteiger partial charge is 0.171 e. The van der Waals surface area contributed by atoms with Crippen molar-refractivity contribution in [2.24, 2.45) is 16.8 Å². The van der Waals surface area contributed by atoms with Gasteiger partial charge in [0.15, 0.2) is 5.84 Å². The molecule has 0 bridgehead atoms. The normalized spacial score (nSPS) is 12.2. The molecule has 0 fully saturated rings. The van der Waals surface area contributed by atoms with Gasteiger partial charge in [0.05, 0.1) is 5.02 Å². The third kappa shape index (κ3) is 4.53. The average Bonchev–Trinajstić information content (AvgIpc) is 2.46. The maximum absolute atomic E-state index is 8.77. The molecule has 0 atom stereocenters. The number of nitrogens with zero attached hydrogens (tertiary/aromatic N) is 2. The molecule has 0 spiro atoms. The van der Waals surface area contributed by atoms with Crippen LogP contribution in [0.25, 0.3) is 0 Å². The summed E-state index contributed by atoms with van der Waals surface area (Å²) in [5, 5.41) is 12.3. The molecule has 5 heteroatoms. The largest absolute Gasteiger partial charge is 0.409 e. The first-order chi connectivity index (χ1) is 9.94. The van der Waals surface area contributed by atoms with Crippen LogP contribution in [0.4, 0.5) is 5.69 Å². The highest BCUT2D eigenvalue weighted by Crippen LogP contribution is 2.27. The Labute approximate surface area is 132 Å². The number of halogens is 1. The Morgan fingerprint density at radius 3 is 2.38 bits per heavy atom. The minimum absolute atomic E-state index is 0.0319. The first-order valence-corrected chi connectivity index (χ1v) is 7.86. The Kier molecular flexibility index (Phi) is 6.82. The van der Waals surface area contributed by atoms with Crippen LogP contribution in [0.1, 0.15) is 46.1 Å². The Morgan fingerprint density at radius 1 is 1.33 bits per heavy atom. The molecule has 118 valence electrons. The number of benzene rings is 1. The van der Waals surface area contributed by atoms with E-state index in [0.717, 1.165) is 25.1 Å². The van der Waals surface area contributed by atoms with Gasteiger partial charge in [0.1, 0.15) is 0 Å². The van der Waals surface area contributed by atoms with Crippen LogP contribution >= 0.6 is 11.6 Å². The van der Waals surface area contributed by atoms with Gasteiger partial charge in [-0.2, -0.15) is 0 Å². The summed E-state index contributed by atoms with van der Waals surface area (Å²) < 4.78 is 0. The van der Waals surface area contributed by atoms with Gasteiger partial charge < -0.3 is 15.8 Å². The first kappa shape index (κ1) is 17.6. The van der Waals surface area contributed by atoms with E-state index >= 15 is 0 Å². The quantitative estimate of drug-likeness (QED) is 0.345. The van der Waals surface area contributed by atoms with E-state index in [9.17, 15) is 0 Å². The molecule has 1 aromatic rings. The van der Waals surface area contributed by atoms with E-state index in [4.69, 9.17) is 22.5 Å². The van der Waals surface area contributed by atoms with Gasteiger partial charge in [-0.05, 0) is 37.0 Å². The second-order valence-corrected chi connectivity index (χ2v) is 6.07. The number of nitrogens with two attached hydrogens (primary N) is 1. The Morgan fingerprint density at radius 2 is 1.95 bits per heavy atom. The highest BCUT2D eigenvalue weighted by Gasteiger charge is 2.18. The van der Waals surface area contributed by atoms with E-state index in [1.54, 1.807) is 0 Å². The molecule has 0 saturated heterocycles. The lowest BCUT2D eigenvalue weighted by Gasteiger charge is -2.34. The number of oxime groups is 1. The van der Waals surface area contributed by atoms with Gasteiger partial charge in [0, 0.05) is 23.8 Å². The van der Waals surface area contributed by atoms with E-state index < -0.39 is 0 Å². The number of hydrogen-bond acceptors (Lipinski definition) is 3. The maximum atomic E-state index is 8.77. The van der Waals surface area contributed by atoms with Gasteiger partial charge in [-0.25, -0.2) is 0 Å². The number of rotatable bonds is 7. The van der Waals surface area contributed by atoms with Gasteiger partial charge in [0.2, 0.25) is 0 Å². The van der Waals surface area contributed by atoms with Crippen LogP contribution in [0.3, 0.4) is 0 Å². The maximum Gasteiger partial charge on any atom is 0.171 e. The van der Waals surface area contributed by atoms with Gasteiger partial charge in [-0.1, -0.05) is 44.5 Å². The zero-order valence-corrected chi connectivity index (χ0v) is 14.1. The van der Waals surface area contributed by atoms with Crippen molar-refractivity contribution in [1.82, 2.24) is 0 Å². The van der Waals surface area contributed by atoms with E-state index in [-0.39, 0.29) is 5.84 Å². The molecule has 0 aromatic heterocycles. The fourth-order valence-electron chi connectivity index (χ4n) is 2.53. The zero-order chi connectivity index (χ0) is 16.0. The van der Waals surface area contributed by atoms with Crippen molar-refractivity contribution in [2.45, 2.75) is 46.6 Å². The van der Waals surface area contributed by atoms with Crippen LogP contribution in [-0.2, 0) is 0 Å². The third-order valence-electron chi connectivity index (χ3n) is 3.61. The second-order valence-electron chi connectivity index (χ2n) is 5.67. The summed E-state index contributed by atoms with van der Waals surface area (Å²) in [5.74, 6) is 0.595. The van der Waals surface area contributed by atoms with Crippen molar-refractivity contribution in [1.29, 1.82) is 0 Å². The third-order valence-corrected chi connectivity index (χ3v) is 3.93. The fraction of sp³-hybridized carbons (Fsp3) is 0.562. The molecule has 0 aliphatic carbocycles. The molecule has 4 nitrogen and oxygen atoms in total. The van der Waals surface area contributed by atoms with Gasteiger partial charge in [0.25, 0.3) is 0 Å².